The summed E-state index contributed by atoms with van der Waals surface area (Å²) >= 11 is 4.78. The summed E-state index contributed by atoms with van der Waals surface area (Å²) in [7, 11) is 0. The normalized spacial score (nSPS) is 10.3. The molecule has 6 heteroatoms. The summed E-state index contributed by atoms with van der Waals surface area (Å²) in [4.78, 5) is 0.174. The Morgan fingerprint density at radius 3 is 2.83 bits per heavy atom. The number of anilines is 1. The Kier molecular flexibility index (Phi) is 3.57. The van der Waals surface area contributed by atoms with Crippen LogP contribution in [0.3, 0.4) is 0 Å². The molecule has 0 bridgehead atoms. The van der Waals surface area contributed by atoms with Gasteiger partial charge in [-0.3, -0.25) is 0 Å². The van der Waals surface area contributed by atoms with Crippen molar-refractivity contribution in [3.63, 3.8) is 0 Å². The van der Waals surface area contributed by atoms with Crippen molar-refractivity contribution in [3.8, 4) is 0 Å². The van der Waals surface area contributed by atoms with Gasteiger partial charge < -0.3 is 15.6 Å². The Morgan fingerprint density at radius 2 is 2.28 bits per heavy atom. The van der Waals surface area contributed by atoms with E-state index in [2.05, 4.69) is 10.5 Å². The van der Waals surface area contributed by atoms with Crippen molar-refractivity contribution in [1.82, 2.24) is 5.16 Å². The number of halogens is 1. The fourth-order valence-corrected chi connectivity index (χ4v) is 1.63. The maximum Gasteiger partial charge on any atom is 0.146 e. The molecule has 0 saturated heterocycles. The van der Waals surface area contributed by atoms with Crippen molar-refractivity contribution >= 4 is 22.9 Å². The van der Waals surface area contributed by atoms with Crippen LogP contribution in [0.25, 0.3) is 0 Å². The molecule has 0 aliphatic carbocycles. The molecule has 94 valence electrons. The fourth-order valence-electron chi connectivity index (χ4n) is 1.50. The van der Waals surface area contributed by atoms with Crippen LogP contribution >= 0.6 is 12.2 Å². The smallest absolute Gasteiger partial charge is 0.146 e. The van der Waals surface area contributed by atoms with Crippen LogP contribution in [0.15, 0.2) is 28.8 Å². The predicted molar refractivity (Wildman–Crippen MR) is 70.9 cm³/mol. The number of hydrogen-bond acceptors (Lipinski definition) is 4. The molecular weight excluding hydrogens is 253 g/mol. The van der Waals surface area contributed by atoms with E-state index in [0.29, 0.717) is 23.5 Å². The maximum atomic E-state index is 13.7. The van der Waals surface area contributed by atoms with Gasteiger partial charge in [0.25, 0.3) is 0 Å². The number of nitrogens with zero attached hydrogens (tertiary/aromatic N) is 1. The summed E-state index contributed by atoms with van der Waals surface area (Å²) in [6, 6.07) is 6.35. The minimum atomic E-state index is -0.402. The van der Waals surface area contributed by atoms with Gasteiger partial charge >= 0.3 is 0 Å². The standard InChI is InChI=1S/C12H12FN3OS/c1-7-4-9(16-17-7)6-15-11-3-2-8(12(14)18)5-10(11)13/h2-5,15H,6H2,1H3,(H2,14,18). The molecular formula is C12H12FN3OS. The van der Waals surface area contributed by atoms with Crippen LogP contribution in [0.5, 0.6) is 0 Å². The van der Waals surface area contributed by atoms with E-state index in [1.807, 2.05) is 0 Å². The molecule has 0 radical (unpaired) electrons. The van der Waals surface area contributed by atoms with Crippen molar-refractivity contribution in [1.29, 1.82) is 0 Å². The van der Waals surface area contributed by atoms with Gasteiger partial charge in [-0.2, -0.15) is 0 Å². The SMILES string of the molecule is Cc1cc(CNc2ccc(C(N)=S)cc2F)no1. The molecule has 0 atom stereocenters. The van der Waals surface area contributed by atoms with Gasteiger partial charge in [0, 0.05) is 11.6 Å². The molecule has 0 spiro atoms. The molecule has 0 aliphatic rings. The van der Waals surface area contributed by atoms with Crippen molar-refractivity contribution in [2.24, 2.45) is 5.73 Å². The maximum absolute atomic E-state index is 13.7. The van der Waals surface area contributed by atoms with E-state index >= 15 is 0 Å². The van der Waals surface area contributed by atoms with E-state index in [-0.39, 0.29) is 4.99 Å². The molecule has 2 rings (SSSR count). The highest BCUT2D eigenvalue weighted by molar-refractivity contribution is 7.80. The quantitative estimate of drug-likeness (QED) is 0.831. The lowest BCUT2D eigenvalue weighted by Gasteiger charge is -2.07. The minimum absolute atomic E-state index is 0.174. The fraction of sp³-hybridized carbons (Fsp3) is 0.167. The predicted octanol–water partition coefficient (Wildman–Crippen LogP) is 2.37. The van der Waals surface area contributed by atoms with Crippen LogP contribution in [0.1, 0.15) is 17.0 Å². The minimum Gasteiger partial charge on any atom is -0.389 e. The van der Waals surface area contributed by atoms with Crippen molar-refractivity contribution in [3.05, 3.63) is 47.1 Å². The monoisotopic (exact) mass is 265 g/mol. The average molecular weight is 265 g/mol. The second kappa shape index (κ2) is 5.14. The Morgan fingerprint density at radius 1 is 1.50 bits per heavy atom. The van der Waals surface area contributed by atoms with Crippen LogP contribution < -0.4 is 11.1 Å². The van der Waals surface area contributed by atoms with Crippen LogP contribution in [-0.2, 0) is 6.54 Å². The highest BCUT2D eigenvalue weighted by Gasteiger charge is 2.06. The largest absolute Gasteiger partial charge is 0.389 e. The lowest BCUT2D eigenvalue weighted by atomic mass is 10.2. The zero-order chi connectivity index (χ0) is 13.1. The molecule has 1 aromatic heterocycles. The van der Waals surface area contributed by atoms with Gasteiger partial charge in [0.15, 0.2) is 0 Å². The second-order valence-electron chi connectivity index (χ2n) is 3.84. The first-order valence-electron chi connectivity index (χ1n) is 5.31. The van der Waals surface area contributed by atoms with Gasteiger partial charge in [0.05, 0.1) is 12.2 Å². The van der Waals surface area contributed by atoms with E-state index in [1.165, 1.54) is 6.07 Å². The topological polar surface area (TPSA) is 64.1 Å². The molecule has 3 N–H and O–H groups in total. The summed E-state index contributed by atoms with van der Waals surface area (Å²) in [5, 5.41) is 6.73. The molecule has 0 amide bonds. The van der Waals surface area contributed by atoms with Crippen molar-refractivity contribution in [2.75, 3.05) is 5.32 Å². The van der Waals surface area contributed by atoms with Gasteiger partial charge in [-0.1, -0.05) is 17.4 Å². The van der Waals surface area contributed by atoms with Crippen molar-refractivity contribution < 1.29 is 8.91 Å². The lowest BCUT2D eigenvalue weighted by molar-refractivity contribution is 0.391. The Bertz CT molecular complexity index is 582. The van der Waals surface area contributed by atoms with Gasteiger partial charge in [-0.05, 0) is 25.1 Å². The summed E-state index contributed by atoms with van der Waals surface area (Å²) in [6.45, 7) is 2.19. The molecule has 2 aromatic rings. The van der Waals surface area contributed by atoms with Gasteiger partial charge in [0.2, 0.25) is 0 Å². The first-order valence-corrected chi connectivity index (χ1v) is 5.72. The first kappa shape index (κ1) is 12.5. The molecule has 0 aliphatic heterocycles. The van der Waals surface area contributed by atoms with E-state index < -0.39 is 5.82 Å². The number of nitrogens with one attached hydrogen (secondary N) is 1. The lowest BCUT2D eigenvalue weighted by Crippen LogP contribution is -2.10. The van der Waals surface area contributed by atoms with Gasteiger partial charge in [-0.15, -0.1) is 0 Å². The number of aryl methyl sites for hydroxylation is 1. The van der Waals surface area contributed by atoms with Crippen molar-refractivity contribution in [2.45, 2.75) is 13.5 Å². The summed E-state index contributed by atoms with van der Waals surface area (Å²) < 4.78 is 18.6. The van der Waals surface area contributed by atoms with Crippen LogP contribution in [0, 0.1) is 12.7 Å². The van der Waals surface area contributed by atoms with Crippen LogP contribution in [-0.4, -0.2) is 10.1 Å². The zero-order valence-corrected chi connectivity index (χ0v) is 10.6. The number of benzene rings is 1. The number of nitrogens with two attached hydrogens (primary N) is 1. The molecule has 1 heterocycles. The average Bonchev–Trinajstić information content (AvgIpc) is 2.73. The highest BCUT2D eigenvalue weighted by Crippen LogP contribution is 2.16. The zero-order valence-electron chi connectivity index (χ0n) is 9.74. The summed E-state index contributed by atoms with van der Waals surface area (Å²) in [5.74, 6) is 0.316. The molecule has 18 heavy (non-hydrogen) atoms. The number of hydrogen-bond donors (Lipinski definition) is 2. The van der Waals surface area contributed by atoms with E-state index in [4.69, 9.17) is 22.5 Å². The summed E-state index contributed by atoms with van der Waals surface area (Å²) in [5.41, 5.74) is 7.01. The Hall–Kier alpha value is -1.95. The molecule has 1 aromatic carbocycles. The summed E-state index contributed by atoms with van der Waals surface area (Å²) in [6.07, 6.45) is 0. The van der Waals surface area contributed by atoms with Crippen LogP contribution in [0.2, 0.25) is 0 Å². The Labute approximate surface area is 109 Å². The molecule has 0 saturated carbocycles. The highest BCUT2D eigenvalue weighted by atomic mass is 32.1. The second-order valence-corrected chi connectivity index (χ2v) is 4.28. The third-order valence-electron chi connectivity index (χ3n) is 2.39. The van der Waals surface area contributed by atoms with Crippen LogP contribution in [0.4, 0.5) is 10.1 Å². The third kappa shape index (κ3) is 2.84. The third-order valence-corrected chi connectivity index (χ3v) is 2.63. The van der Waals surface area contributed by atoms with Gasteiger partial charge in [-0.25, -0.2) is 4.39 Å². The number of rotatable bonds is 4. The number of aromatic nitrogens is 1. The molecule has 0 fully saturated rings. The Balaban J connectivity index is 2.08. The van der Waals surface area contributed by atoms with Gasteiger partial charge in [0.1, 0.15) is 22.3 Å². The number of thiocarbonyl (C=S) groups is 1. The van der Waals surface area contributed by atoms with E-state index in [0.717, 1.165) is 5.76 Å². The molecule has 0 unspecified atom stereocenters. The first-order chi connectivity index (χ1) is 8.56. The molecule has 4 nitrogen and oxygen atoms in total. The van der Waals surface area contributed by atoms with E-state index in [9.17, 15) is 4.39 Å². The van der Waals surface area contributed by atoms with E-state index in [1.54, 1.807) is 25.1 Å².